The van der Waals surface area contributed by atoms with Gasteiger partial charge in [0, 0.05) is 6.42 Å². The van der Waals surface area contributed by atoms with E-state index in [-0.39, 0.29) is 12.8 Å². The third-order valence-corrected chi connectivity index (χ3v) is 5.20. The van der Waals surface area contributed by atoms with E-state index >= 15 is 0 Å². The van der Waals surface area contributed by atoms with Gasteiger partial charge in [0.25, 0.3) is 0 Å². The Labute approximate surface area is 172 Å². The molecule has 5 N–H and O–H groups in total. The molecule has 1 saturated heterocycles. The lowest BCUT2D eigenvalue weighted by molar-refractivity contribution is -0.305. The van der Waals surface area contributed by atoms with E-state index in [1.807, 2.05) is 0 Å². The largest absolute Gasteiger partial charge is 0.481 e. The highest BCUT2D eigenvalue weighted by atomic mass is 16.7. The zero-order valence-corrected chi connectivity index (χ0v) is 16.5. The van der Waals surface area contributed by atoms with Crippen molar-refractivity contribution in [2.45, 2.75) is 68.9 Å². The number of carboxylic acid groups (broad SMARTS) is 2. The van der Waals surface area contributed by atoms with Gasteiger partial charge in [0.15, 0.2) is 12.4 Å². The molecule has 0 radical (unpaired) electrons. The van der Waals surface area contributed by atoms with Gasteiger partial charge in [-0.15, -0.1) is 0 Å². The number of carboxylic acids is 2. The molecule has 6 unspecified atom stereocenters. The van der Waals surface area contributed by atoms with Crippen molar-refractivity contribution in [2.24, 2.45) is 0 Å². The first-order valence-corrected chi connectivity index (χ1v) is 9.36. The van der Waals surface area contributed by atoms with Crippen molar-refractivity contribution in [3.8, 4) is 0 Å². The molecule has 1 aliphatic heterocycles. The summed E-state index contributed by atoms with van der Waals surface area (Å²) in [6, 6.07) is 6.39. The first-order valence-electron chi connectivity index (χ1n) is 9.36. The molecule has 1 aromatic rings. The first-order chi connectivity index (χ1) is 14.0. The van der Waals surface area contributed by atoms with E-state index in [1.54, 1.807) is 38.1 Å². The Morgan fingerprint density at radius 2 is 1.70 bits per heavy atom. The van der Waals surface area contributed by atoms with E-state index in [1.165, 1.54) is 0 Å². The predicted molar refractivity (Wildman–Crippen MR) is 101 cm³/mol. The number of aliphatic hydroxyl groups is 3. The standard InChI is InChI=1S/C20H26O10/c1-20(2,19(27)28)11-7-5-10(6-8-11)12(4-3-9-21)29-18-15(24)13(22)14(23)16(30-18)17(25)26/h5-9,12-16,18,22-24H,3-4H2,1-2H3,(H,25,26)(H,27,28). The van der Waals surface area contributed by atoms with Gasteiger partial charge in [0.05, 0.1) is 11.5 Å². The van der Waals surface area contributed by atoms with Gasteiger partial charge in [-0.1, -0.05) is 24.3 Å². The van der Waals surface area contributed by atoms with E-state index in [0.717, 1.165) is 0 Å². The third-order valence-electron chi connectivity index (χ3n) is 5.20. The predicted octanol–water partition coefficient (Wildman–Crippen LogP) is -0.0222. The van der Waals surface area contributed by atoms with E-state index in [9.17, 15) is 34.8 Å². The van der Waals surface area contributed by atoms with Gasteiger partial charge in [-0.2, -0.15) is 0 Å². The molecule has 6 atom stereocenters. The molecule has 10 nitrogen and oxygen atoms in total. The van der Waals surface area contributed by atoms with Gasteiger partial charge < -0.3 is 39.8 Å². The van der Waals surface area contributed by atoms with Crippen LogP contribution in [-0.2, 0) is 29.3 Å². The zero-order chi connectivity index (χ0) is 22.6. The molecular weight excluding hydrogens is 400 g/mol. The molecule has 0 spiro atoms. The normalized spacial score (nSPS) is 28.0. The molecule has 1 fully saturated rings. The molecule has 2 rings (SSSR count). The first kappa shape index (κ1) is 23.9. The van der Waals surface area contributed by atoms with Crippen LogP contribution >= 0.6 is 0 Å². The van der Waals surface area contributed by atoms with Gasteiger partial charge in [-0.25, -0.2) is 4.79 Å². The van der Waals surface area contributed by atoms with Crippen molar-refractivity contribution in [1.82, 2.24) is 0 Å². The van der Waals surface area contributed by atoms with Crippen LogP contribution in [-0.4, -0.2) is 74.5 Å². The van der Waals surface area contributed by atoms with Crippen molar-refractivity contribution in [2.75, 3.05) is 0 Å². The minimum Gasteiger partial charge on any atom is -0.481 e. The summed E-state index contributed by atoms with van der Waals surface area (Å²) in [7, 11) is 0. The smallest absolute Gasteiger partial charge is 0.335 e. The maximum Gasteiger partial charge on any atom is 0.335 e. The fourth-order valence-electron chi connectivity index (χ4n) is 3.10. The molecule has 30 heavy (non-hydrogen) atoms. The quantitative estimate of drug-likeness (QED) is 0.338. The fraction of sp³-hybridized carbons (Fsp3) is 0.550. The minimum absolute atomic E-state index is 0.0867. The lowest BCUT2D eigenvalue weighted by Gasteiger charge is -2.39. The number of aldehydes is 1. The molecule has 1 heterocycles. The van der Waals surface area contributed by atoms with Gasteiger partial charge in [-0.05, 0) is 31.4 Å². The lowest BCUT2D eigenvalue weighted by atomic mass is 9.84. The van der Waals surface area contributed by atoms with Gasteiger partial charge in [0.1, 0.15) is 24.6 Å². The monoisotopic (exact) mass is 426 g/mol. The van der Waals surface area contributed by atoms with Crippen molar-refractivity contribution in [3.63, 3.8) is 0 Å². The Balaban J connectivity index is 2.26. The van der Waals surface area contributed by atoms with Crippen molar-refractivity contribution < 1.29 is 49.4 Å². The number of hydrogen-bond donors (Lipinski definition) is 5. The molecule has 1 aliphatic rings. The molecule has 0 aliphatic carbocycles. The molecule has 0 amide bonds. The number of benzene rings is 1. The Bertz CT molecular complexity index is 759. The Kier molecular flexibility index (Phi) is 7.67. The number of hydrogen-bond acceptors (Lipinski definition) is 8. The maximum atomic E-state index is 11.4. The van der Waals surface area contributed by atoms with E-state index in [2.05, 4.69) is 0 Å². The second-order valence-electron chi connectivity index (χ2n) is 7.66. The molecule has 0 saturated carbocycles. The van der Waals surface area contributed by atoms with Crippen LogP contribution in [0.25, 0.3) is 0 Å². The van der Waals surface area contributed by atoms with Crippen LogP contribution < -0.4 is 0 Å². The molecule has 0 aromatic heterocycles. The topological polar surface area (TPSA) is 171 Å². The van der Waals surface area contributed by atoms with Crippen LogP contribution in [0.1, 0.15) is 43.9 Å². The van der Waals surface area contributed by atoms with Crippen LogP contribution in [0, 0.1) is 0 Å². The van der Waals surface area contributed by atoms with Crippen molar-refractivity contribution in [1.29, 1.82) is 0 Å². The summed E-state index contributed by atoms with van der Waals surface area (Å²) in [5.74, 6) is -2.54. The Morgan fingerprint density at radius 1 is 1.10 bits per heavy atom. The summed E-state index contributed by atoms with van der Waals surface area (Å²) >= 11 is 0. The average molecular weight is 426 g/mol. The highest BCUT2D eigenvalue weighted by Gasteiger charge is 2.48. The molecule has 166 valence electrons. The van der Waals surface area contributed by atoms with Crippen LogP contribution in [0.2, 0.25) is 0 Å². The number of carbonyl (C=O) groups is 3. The summed E-state index contributed by atoms with van der Waals surface area (Å²) in [6.45, 7) is 3.10. The Hall–Kier alpha value is -2.37. The number of aliphatic carboxylic acids is 2. The van der Waals surface area contributed by atoms with Crippen molar-refractivity contribution >= 4 is 18.2 Å². The number of aliphatic hydroxyl groups excluding tert-OH is 3. The molecular formula is C20H26O10. The molecule has 10 heteroatoms. The minimum atomic E-state index is -1.84. The molecule has 1 aromatic carbocycles. The van der Waals surface area contributed by atoms with Gasteiger partial charge in [0.2, 0.25) is 0 Å². The fourth-order valence-corrected chi connectivity index (χ4v) is 3.10. The van der Waals surface area contributed by atoms with Crippen LogP contribution in [0.3, 0.4) is 0 Å². The zero-order valence-electron chi connectivity index (χ0n) is 16.5. The summed E-state index contributed by atoms with van der Waals surface area (Å²) in [4.78, 5) is 33.5. The van der Waals surface area contributed by atoms with Crippen LogP contribution in [0.15, 0.2) is 24.3 Å². The molecule has 0 bridgehead atoms. The second kappa shape index (κ2) is 9.63. The Morgan fingerprint density at radius 3 is 2.20 bits per heavy atom. The van der Waals surface area contributed by atoms with Crippen LogP contribution in [0.4, 0.5) is 0 Å². The lowest BCUT2D eigenvalue weighted by Crippen LogP contribution is -2.60. The van der Waals surface area contributed by atoms with E-state index < -0.39 is 54.2 Å². The summed E-state index contributed by atoms with van der Waals surface area (Å²) in [5.41, 5.74) is -0.0635. The van der Waals surface area contributed by atoms with E-state index in [0.29, 0.717) is 17.4 Å². The summed E-state index contributed by atoms with van der Waals surface area (Å²) in [6.07, 6.45) is -8.67. The SMILES string of the molecule is CC(C)(C(=O)O)c1ccc(C(CCC=O)OC2OC(C(=O)O)C(O)C(O)C2O)cc1. The van der Waals surface area contributed by atoms with Gasteiger partial charge in [-0.3, -0.25) is 4.79 Å². The third kappa shape index (κ3) is 5.02. The maximum absolute atomic E-state index is 11.4. The average Bonchev–Trinajstić information content (AvgIpc) is 2.70. The highest BCUT2D eigenvalue weighted by Crippen LogP contribution is 2.32. The van der Waals surface area contributed by atoms with Crippen LogP contribution in [0.5, 0.6) is 0 Å². The summed E-state index contributed by atoms with van der Waals surface area (Å²) < 4.78 is 10.8. The number of carbonyl (C=O) groups excluding carboxylic acids is 1. The number of rotatable bonds is 9. The summed E-state index contributed by atoms with van der Waals surface area (Å²) in [5, 5.41) is 48.4. The number of ether oxygens (including phenoxy) is 2. The van der Waals surface area contributed by atoms with E-state index in [4.69, 9.17) is 14.6 Å². The second-order valence-corrected chi connectivity index (χ2v) is 7.66. The van der Waals surface area contributed by atoms with Gasteiger partial charge >= 0.3 is 11.9 Å². The highest BCUT2D eigenvalue weighted by molar-refractivity contribution is 5.80. The van der Waals surface area contributed by atoms with Crippen molar-refractivity contribution in [3.05, 3.63) is 35.4 Å².